The van der Waals surface area contributed by atoms with Crippen LogP contribution in [0.2, 0.25) is 5.02 Å². The monoisotopic (exact) mass is 487 g/mol. The number of nitrogens with zero attached hydrogens (tertiary/aromatic N) is 2. The van der Waals surface area contributed by atoms with E-state index < -0.39 is 5.60 Å². The number of carbonyl (C=O) groups is 3. The first-order valence-electron chi connectivity index (χ1n) is 11.6. The number of likely N-dealkylation sites (tertiary alicyclic amines) is 1. The van der Waals surface area contributed by atoms with Crippen molar-refractivity contribution in [3.05, 3.63) is 88.1 Å². The van der Waals surface area contributed by atoms with Crippen LogP contribution >= 0.6 is 11.6 Å². The largest absolute Gasteiger partial charge is 0.449 e. The molecule has 1 atom stereocenters. The van der Waals surface area contributed by atoms with Gasteiger partial charge in [0.2, 0.25) is 0 Å². The Bertz CT molecular complexity index is 1390. The van der Waals surface area contributed by atoms with Gasteiger partial charge in [0.1, 0.15) is 5.69 Å². The van der Waals surface area contributed by atoms with Gasteiger partial charge in [-0.2, -0.15) is 0 Å². The highest BCUT2D eigenvalue weighted by atomic mass is 35.5. The number of esters is 1. The molecule has 0 radical (unpaired) electrons. The summed E-state index contributed by atoms with van der Waals surface area (Å²) in [6, 6.07) is 18.0. The van der Waals surface area contributed by atoms with Crippen LogP contribution in [0.3, 0.4) is 0 Å². The van der Waals surface area contributed by atoms with E-state index in [0.29, 0.717) is 46.1 Å². The fraction of sp³-hybridized carbons (Fsp3) is 0.259. The van der Waals surface area contributed by atoms with Crippen LogP contribution in [0.4, 0.5) is 0 Å². The van der Waals surface area contributed by atoms with E-state index in [1.165, 1.54) is 0 Å². The number of halogens is 1. The number of fused-ring (bicyclic) bond motifs is 2. The summed E-state index contributed by atoms with van der Waals surface area (Å²) in [5.41, 5.74) is 2.62. The summed E-state index contributed by atoms with van der Waals surface area (Å²) in [5.74, 6) is -0.758. The Hall–Kier alpha value is -3.71. The summed E-state index contributed by atoms with van der Waals surface area (Å²) < 4.78 is 5.76. The van der Waals surface area contributed by atoms with E-state index in [1.54, 1.807) is 47.4 Å². The predicted molar refractivity (Wildman–Crippen MR) is 129 cm³/mol. The maximum Gasteiger partial charge on any atom is 0.339 e. The molecule has 2 aromatic carbocycles. The molecule has 1 N–H and O–H groups in total. The minimum Gasteiger partial charge on any atom is -0.449 e. The Labute approximate surface area is 207 Å². The maximum atomic E-state index is 13.3. The van der Waals surface area contributed by atoms with E-state index in [1.807, 2.05) is 18.2 Å². The summed E-state index contributed by atoms with van der Waals surface area (Å²) in [5, 5.41) is 3.23. The van der Waals surface area contributed by atoms with Gasteiger partial charge in [-0.1, -0.05) is 41.9 Å². The quantitative estimate of drug-likeness (QED) is 0.557. The fourth-order valence-corrected chi connectivity index (χ4v) is 5.09. The lowest BCUT2D eigenvalue weighted by atomic mass is 9.91. The second-order valence-corrected chi connectivity index (χ2v) is 9.66. The first kappa shape index (κ1) is 21.8. The minimum atomic E-state index is -0.804. The van der Waals surface area contributed by atoms with Crippen LogP contribution in [0.15, 0.2) is 60.7 Å². The summed E-state index contributed by atoms with van der Waals surface area (Å²) in [6.45, 7) is 0.741. The number of ether oxygens (including phenoxy) is 1. The Morgan fingerprint density at radius 2 is 1.91 bits per heavy atom. The van der Waals surface area contributed by atoms with Crippen LogP contribution in [-0.2, 0) is 10.3 Å². The van der Waals surface area contributed by atoms with Crippen molar-refractivity contribution < 1.29 is 19.1 Å². The average molecular weight is 488 g/mol. The molecule has 0 bridgehead atoms. The third-order valence-electron chi connectivity index (χ3n) is 6.83. The number of aromatic nitrogens is 1. The number of hydrogen-bond acceptors (Lipinski definition) is 5. The summed E-state index contributed by atoms with van der Waals surface area (Å²) in [4.78, 5) is 44.2. The topological polar surface area (TPSA) is 88.6 Å². The number of hydrogen-bond donors (Lipinski definition) is 1. The molecule has 2 aliphatic heterocycles. The molecule has 1 saturated heterocycles. The normalized spacial score (nSPS) is 20.6. The highest BCUT2D eigenvalue weighted by molar-refractivity contribution is 6.34. The number of pyridine rings is 1. The molecule has 1 spiro atoms. The van der Waals surface area contributed by atoms with Gasteiger partial charge in [-0.3, -0.25) is 9.59 Å². The van der Waals surface area contributed by atoms with Crippen LogP contribution in [0, 0.1) is 0 Å². The van der Waals surface area contributed by atoms with Crippen molar-refractivity contribution in [1.29, 1.82) is 0 Å². The van der Waals surface area contributed by atoms with Crippen molar-refractivity contribution in [3.63, 3.8) is 0 Å². The molecule has 1 aromatic heterocycles. The van der Waals surface area contributed by atoms with Gasteiger partial charge in [-0.15, -0.1) is 0 Å². The smallest absolute Gasteiger partial charge is 0.339 e. The molecule has 176 valence electrons. The molecule has 6 rings (SSSR count). The Balaban J connectivity index is 1.22. The molecule has 35 heavy (non-hydrogen) atoms. The van der Waals surface area contributed by atoms with E-state index in [-0.39, 0.29) is 30.4 Å². The van der Waals surface area contributed by atoms with E-state index >= 15 is 0 Å². The van der Waals surface area contributed by atoms with Crippen LogP contribution in [0.1, 0.15) is 56.0 Å². The number of amides is 2. The van der Waals surface area contributed by atoms with Crippen molar-refractivity contribution in [1.82, 2.24) is 15.2 Å². The molecule has 8 heteroatoms. The molecular formula is C27H22ClN3O4. The van der Waals surface area contributed by atoms with Gasteiger partial charge in [-0.25, -0.2) is 9.78 Å². The molecule has 0 unspecified atom stereocenters. The number of carbonyl (C=O) groups excluding carboxylic acids is 3. The SMILES string of the molecule is O=C(NC1CC1)c1cccc(-c2ccc(C(=O)N3CC[C@@]4(C3)OC(=O)c3ccccc34)c(Cl)c2)n1. The maximum absolute atomic E-state index is 13.3. The predicted octanol–water partition coefficient (Wildman–Crippen LogP) is 4.21. The van der Waals surface area contributed by atoms with Crippen molar-refractivity contribution in [2.75, 3.05) is 13.1 Å². The second kappa shape index (κ2) is 8.20. The zero-order chi connectivity index (χ0) is 24.2. The van der Waals surface area contributed by atoms with Gasteiger partial charge in [0.25, 0.3) is 11.8 Å². The van der Waals surface area contributed by atoms with Gasteiger partial charge >= 0.3 is 5.97 Å². The van der Waals surface area contributed by atoms with E-state index in [4.69, 9.17) is 16.3 Å². The third-order valence-corrected chi connectivity index (χ3v) is 7.15. The van der Waals surface area contributed by atoms with Crippen molar-refractivity contribution in [2.45, 2.75) is 30.9 Å². The van der Waals surface area contributed by atoms with Crippen LogP contribution in [0.5, 0.6) is 0 Å². The highest BCUT2D eigenvalue weighted by Gasteiger charge is 2.51. The Morgan fingerprint density at radius 1 is 1.09 bits per heavy atom. The van der Waals surface area contributed by atoms with Gasteiger partial charge in [0.05, 0.1) is 28.4 Å². The molecule has 7 nitrogen and oxygen atoms in total. The van der Waals surface area contributed by atoms with Crippen LogP contribution in [-0.4, -0.2) is 46.8 Å². The lowest BCUT2D eigenvalue weighted by molar-refractivity contribution is -0.00306. The first-order valence-corrected chi connectivity index (χ1v) is 12.0. The molecule has 3 heterocycles. The number of rotatable bonds is 4. The second-order valence-electron chi connectivity index (χ2n) is 9.26. The standard InChI is InChI=1S/C27H22ClN3O4/c28-21-14-16(22-6-3-7-23(30-22)24(32)29-17-9-10-17)8-11-19(21)25(33)31-13-12-27(15-31)20-5-2-1-4-18(20)26(34)35-27/h1-8,11,14,17H,9-10,12-13,15H2,(H,29,32)/t27-/m0/s1. The van der Waals surface area contributed by atoms with Crippen LogP contribution < -0.4 is 5.32 Å². The third kappa shape index (κ3) is 3.86. The van der Waals surface area contributed by atoms with Crippen molar-refractivity contribution in [2.24, 2.45) is 0 Å². The van der Waals surface area contributed by atoms with Gasteiger partial charge in [-0.05, 0) is 43.2 Å². The fourth-order valence-electron chi connectivity index (χ4n) is 4.83. The van der Waals surface area contributed by atoms with Gasteiger partial charge in [0.15, 0.2) is 5.60 Å². The Morgan fingerprint density at radius 3 is 2.71 bits per heavy atom. The first-order chi connectivity index (χ1) is 16.9. The van der Waals surface area contributed by atoms with Gasteiger partial charge in [0, 0.05) is 30.1 Å². The van der Waals surface area contributed by atoms with Crippen LogP contribution in [0.25, 0.3) is 11.3 Å². The zero-order valence-electron chi connectivity index (χ0n) is 18.8. The molecule has 1 saturated carbocycles. The van der Waals surface area contributed by atoms with Crippen molar-refractivity contribution >= 4 is 29.4 Å². The molecule has 1 aliphatic carbocycles. The van der Waals surface area contributed by atoms with E-state index in [9.17, 15) is 14.4 Å². The Kier molecular flexibility index (Phi) is 5.11. The molecular weight excluding hydrogens is 466 g/mol. The van der Waals surface area contributed by atoms with E-state index in [2.05, 4.69) is 10.3 Å². The summed E-state index contributed by atoms with van der Waals surface area (Å²) in [7, 11) is 0. The molecule has 2 fully saturated rings. The molecule has 3 aromatic rings. The summed E-state index contributed by atoms with van der Waals surface area (Å²) >= 11 is 6.55. The average Bonchev–Trinajstić information content (AvgIpc) is 3.52. The lowest BCUT2D eigenvalue weighted by Crippen LogP contribution is -2.34. The number of benzene rings is 2. The zero-order valence-corrected chi connectivity index (χ0v) is 19.5. The number of nitrogens with one attached hydrogen (secondary N) is 1. The lowest BCUT2D eigenvalue weighted by Gasteiger charge is -2.24. The molecule has 2 amide bonds. The minimum absolute atomic E-state index is 0.190. The van der Waals surface area contributed by atoms with Crippen molar-refractivity contribution in [3.8, 4) is 11.3 Å². The summed E-state index contributed by atoms with van der Waals surface area (Å²) in [6.07, 6.45) is 2.55. The van der Waals surface area contributed by atoms with Gasteiger partial charge < -0.3 is 15.0 Å². The van der Waals surface area contributed by atoms with E-state index in [0.717, 1.165) is 18.4 Å². The molecule has 3 aliphatic rings. The highest BCUT2D eigenvalue weighted by Crippen LogP contribution is 2.43.